The highest BCUT2D eigenvalue weighted by atomic mass is 19.1. The molecule has 2 nitrogen and oxygen atoms in total. The minimum absolute atomic E-state index is 0.204. The predicted octanol–water partition coefficient (Wildman–Crippen LogP) is 3.41. The third-order valence-corrected chi connectivity index (χ3v) is 3.04. The summed E-state index contributed by atoms with van der Waals surface area (Å²) in [6, 6.07) is 14.6. The zero-order valence-electron chi connectivity index (χ0n) is 9.81. The number of halogens is 1. The first-order valence-corrected chi connectivity index (χ1v) is 5.81. The van der Waals surface area contributed by atoms with E-state index in [4.69, 9.17) is 5.73 Å². The lowest BCUT2D eigenvalue weighted by atomic mass is 10.2. The lowest BCUT2D eigenvalue weighted by Crippen LogP contribution is -1.98. The molecule has 90 valence electrons. The van der Waals surface area contributed by atoms with E-state index in [9.17, 15) is 4.39 Å². The maximum absolute atomic E-state index is 13.1. The number of fused-ring (bicyclic) bond motifs is 1. The average Bonchev–Trinajstić information content (AvgIpc) is 2.72. The zero-order chi connectivity index (χ0) is 12.5. The van der Waals surface area contributed by atoms with Gasteiger partial charge in [-0.3, -0.25) is 0 Å². The van der Waals surface area contributed by atoms with Gasteiger partial charge in [0, 0.05) is 29.3 Å². The van der Waals surface area contributed by atoms with Crippen LogP contribution in [0.15, 0.2) is 54.7 Å². The molecule has 2 N–H and O–H groups in total. The molecule has 3 rings (SSSR count). The van der Waals surface area contributed by atoms with Crippen LogP contribution < -0.4 is 5.73 Å². The van der Waals surface area contributed by atoms with E-state index in [0.29, 0.717) is 0 Å². The summed E-state index contributed by atoms with van der Waals surface area (Å²) in [6.45, 7) is 0.736. The predicted molar refractivity (Wildman–Crippen MR) is 71.9 cm³/mol. The van der Waals surface area contributed by atoms with Crippen molar-refractivity contribution in [3.05, 3.63) is 66.1 Å². The molecule has 18 heavy (non-hydrogen) atoms. The van der Waals surface area contributed by atoms with Crippen LogP contribution in [0, 0.1) is 5.82 Å². The third-order valence-electron chi connectivity index (χ3n) is 3.04. The molecule has 0 aliphatic heterocycles. The molecule has 2 aromatic carbocycles. The maximum atomic E-state index is 13.1. The minimum Gasteiger partial charge on any atom is -0.399 e. The van der Waals surface area contributed by atoms with Gasteiger partial charge in [0.15, 0.2) is 0 Å². The Labute approximate surface area is 104 Å². The number of anilines is 1. The molecular weight excluding hydrogens is 227 g/mol. The second-order valence-electron chi connectivity index (χ2n) is 4.39. The van der Waals surface area contributed by atoms with Crippen molar-refractivity contribution in [3.8, 4) is 0 Å². The molecule has 0 amide bonds. The van der Waals surface area contributed by atoms with Crippen molar-refractivity contribution in [1.29, 1.82) is 0 Å². The fraction of sp³-hybridized carbons (Fsp3) is 0.0667. The molecule has 0 unspecified atom stereocenters. The molecule has 0 spiro atoms. The average molecular weight is 240 g/mol. The van der Waals surface area contributed by atoms with E-state index < -0.39 is 0 Å². The van der Waals surface area contributed by atoms with Gasteiger partial charge in [0.1, 0.15) is 5.82 Å². The normalized spacial score (nSPS) is 10.9. The van der Waals surface area contributed by atoms with E-state index in [1.54, 1.807) is 12.1 Å². The van der Waals surface area contributed by atoms with E-state index in [2.05, 4.69) is 4.57 Å². The Kier molecular flexibility index (Phi) is 2.52. The first-order valence-electron chi connectivity index (χ1n) is 5.81. The Balaban J connectivity index is 2.00. The van der Waals surface area contributed by atoms with Gasteiger partial charge in [-0.2, -0.15) is 0 Å². The number of benzene rings is 2. The molecule has 0 saturated heterocycles. The minimum atomic E-state index is -0.204. The van der Waals surface area contributed by atoms with Gasteiger partial charge in [-0.15, -0.1) is 0 Å². The summed E-state index contributed by atoms with van der Waals surface area (Å²) in [5.41, 5.74) is 8.68. The Morgan fingerprint density at radius 1 is 1.06 bits per heavy atom. The lowest BCUT2D eigenvalue weighted by molar-refractivity contribution is 0.629. The third kappa shape index (κ3) is 1.95. The van der Waals surface area contributed by atoms with Crippen molar-refractivity contribution in [2.24, 2.45) is 0 Å². The standard InChI is InChI=1S/C15H13FN2/c16-13-4-5-15-12(9-13)6-7-18(15)10-11-2-1-3-14(17)8-11/h1-9H,10,17H2. The van der Waals surface area contributed by atoms with Gasteiger partial charge in [-0.1, -0.05) is 12.1 Å². The first-order chi connectivity index (χ1) is 8.72. The van der Waals surface area contributed by atoms with Crippen molar-refractivity contribution in [2.45, 2.75) is 6.54 Å². The van der Waals surface area contributed by atoms with Crippen LogP contribution in [0.25, 0.3) is 10.9 Å². The number of nitrogens with zero attached hydrogens (tertiary/aromatic N) is 1. The maximum Gasteiger partial charge on any atom is 0.123 e. The Morgan fingerprint density at radius 3 is 2.78 bits per heavy atom. The summed E-state index contributed by atoms with van der Waals surface area (Å²) in [6.07, 6.45) is 1.97. The molecule has 0 atom stereocenters. The molecule has 0 bridgehead atoms. The van der Waals surface area contributed by atoms with Crippen molar-refractivity contribution in [3.63, 3.8) is 0 Å². The van der Waals surface area contributed by atoms with Crippen LogP contribution in [0.5, 0.6) is 0 Å². The van der Waals surface area contributed by atoms with E-state index in [1.807, 2.05) is 36.5 Å². The molecule has 0 fully saturated rings. The lowest BCUT2D eigenvalue weighted by Gasteiger charge is -2.06. The molecule has 0 aliphatic rings. The summed E-state index contributed by atoms with van der Waals surface area (Å²) >= 11 is 0. The second-order valence-corrected chi connectivity index (χ2v) is 4.39. The second kappa shape index (κ2) is 4.18. The fourth-order valence-corrected chi connectivity index (χ4v) is 2.20. The summed E-state index contributed by atoms with van der Waals surface area (Å²) in [5.74, 6) is -0.204. The Hall–Kier alpha value is -2.29. The zero-order valence-corrected chi connectivity index (χ0v) is 9.81. The van der Waals surface area contributed by atoms with Crippen molar-refractivity contribution < 1.29 is 4.39 Å². The van der Waals surface area contributed by atoms with Crippen LogP contribution in [-0.4, -0.2) is 4.57 Å². The van der Waals surface area contributed by atoms with Gasteiger partial charge in [-0.05, 0) is 42.0 Å². The highest BCUT2D eigenvalue weighted by molar-refractivity contribution is 5.80. The van der Waals surface area contributed by atoms with Gasteiger partial charge >= 0.3 is 0 Å². The molecule has 1 heterocycles. The van der Waals surface area contributed by atoms with E-state index in [1.165, 1.54) is 6.07 Å². The van der Waals surface area contributed by atoms with Crippen molar-refractivity contribution >= 4 is 16.6 Å². The number of nitrogens with two attached hydrogens (primary N) is 1. The van der Waals surface area contributed by atoms with E-state index >= 15 is 0 Å². The van der Waals surface area contributed by atoms with Crippen LogP contribution in [0.3, 0.4) is 0 Å². The van der Waals surface area contributed by atoms with Crippen molar-refractivity contribution in [1.82, 2.24) is 4.57 Å². The summed E-state index contributed by atoms with van der Waals surface area (Å²) < 4.78 is 15.2. The number of aromatic nitrogens is 1. The van der Waals surface area contributed by atoms with Crippen LogP contribution in [-0.2, 0) is 6.54 Å². The molecular formula is C15H13FN2. The number of nitrogen functional groups attached to an aromatic ring is 1. The van der Waals surface area contributed by atoms with Crippen LogP contribution in [0.1, 0.15) is 5.56 Å². The molecule has 3 aromatic rings. The van der Waals surface area contributed by atoms with Gasteiger partial charge in [0.05, 0.1) is 0 Å². The van der Waals surface area contributed by atoms with E-state index in [-0.39, 0.29) is 5.82 Å². The highest BCUT2D eigenvalue weighted by Crippen LogP contribution is 2.19. The monoisotopic (exact) mass is 240 g/mol. The van der Waals surface area contributed by atoms with Gasteiger partial charge in [0.2, 0.25) is 0 Å². The quantitative estimate of drug-likeness (QED) is 0.684. The van der Waals surface area contributed by atoms with Crippen LogP contribution >= 0.6 is 0 Å². The fourth-order valence-electron chi connectivity index (χ4n) is 2.20. The summed E-state index contributed by atoms with van der Waals surface area (Å²) in [5, 5.41) is 0.916. The Bertz CT molecular complexity index is 701. The van der Waals surface area contributed by atoms with Gasteiger partial charge < -0.3 is 10.3 Å². The van der Waals surface area contributed by atoms with Gasteiger partial charge in [0.25, 0.3) is 0 Å². The van der Waals surface area contributed by atoms with E-state index in [0.717, 1.165) is 28.7 Å². The van der Waals surface area contributed by atoms with Crippen LogP contribution in [0.4, 0.5) is 10.1 Å². The number of hydrogen-bond acceptors (Lipinski definition) is 1. The molecule has 1 aromatic heterocycles. The highest BCUT2D eigenvalue weighted by Gasteiger charge is 2.03. The van der Waals surface area contributed by atoms with Gasteiger partial charge in [-0.25, -0.2) is 4.39 Å². The van der Waals surface area contributed by atoms with Crippen LogP contribution in [0.2, 0.25) is 0 Å². The number of rotatable bonds is 2. The smallest absolute Gasteiger partial charge is 0.123 e. The van der Waals surface area contributed by atoms with Crippen molar-refractivity contribution in [2.75, 3.05) is 5.73 Å². The topological polar surface area (TPSA) is 30.9 Å². The summed E-state index contributed by atoms with van der Waals surface area (Å²) in [7, 11) is 0. The first kappa shape index (κ1) is 10.8. The number of hydrogen-bond donors (Lipinski definition) is 1. The molecule has 0 saturated carbocycles. The molecule has 0 radical (unpaired) electrons. The Morgan fingerprint density at radius 2 is 1.94 bits per heavy atom. The molecule has 3 heteroatoms. The molecule has 0 aliphatic carbocycles. The summed E-state index contributed by atoms with van der Waals surface area (Å²) in [4.78, 5) is 0. The largest absolute Gasteiger partial charge is 0.399 e. The SMILES string of the molecule is Nc1cccc(Cn2ccc3cc(F)ccc32)c1.